The lowest BCUT2D eigenvalue weighted by atomic mass is 10.1. The van der Waals surface area contributed by atoms with Gasteiger partial charge in [0.2, 0.25) is 0 Å². The van der Waals surface area contributed by atoms with Crippen LogP contribution in [0.15, 0.2) is 34.4 Å². The van der Waals surface area contributed by atoms with Gasteiger partial charge in [-0.05, 0) is 17.7 Å². The van der Waals surface area contributed by atoms with Crippen LogP contribution in [-0.4, -0.2) is 11.5 Å². The van der Waals surface area contributed by atoms with Crippen LogP contribution < -0.4 is 10.6 Å². The molecule has 16 heavy (non-hydrogen) atoms. The molecule has 3 N–H and O–H groups in total. The number of nitrogens with one attached hydrogen (secondary N) is 1. The molecular weight excluding hydrogens is 220 g/mol. The molecule has 80 valence electrons. The third-order valence-electron chi connectivity index (χ3n) is 2.05. The van der Waals surface area contributed by atoms with Crippen LogP contribution >= 0.6 is 11.3 Å². The van der Waals surface area contributed by atoms with Crippen LogP contribution in [0, 0.1) is 11.8 Å². The van der Waals surface area contributed by atoms with Crippen molar-refractivity contribution in [2.75, 3.05) is 6.54 Å². The third kappa shape index (κ3) is 2.40. The summed E-state index contributed by atoms with van der Waals surface area (Å²) in [5, 5.41) is 1.81. The summed E-state index contributed by atoms with van der Waals surface area (Å²) in [5.74, 6) is 5.73. The smallest absolute Gasteiger partial charge is 0.304 e. The summed E-state index contributed by atoms with van der Waals surface area (Å²) in [4.78, 5) is 13.7. The van der Waals surface area contributed by atoms with Gasteiger partial charge in [0.05, 0.1) is 12.2 Å². The van der Waals surface area contributed by atoms with Gasteiger partial charge in [0.25, 0.3) is 0 Å². The third-order valence-corrected chi connectivity index (χ3v) is 2.72. The quantitative estimate of drug-likeness (QED) is 0.728. The van der Waals surface area contributed by atoms with E-state index in [0.717, 1.165) is 28.2 Å². The molecule has 0 radical (unpaired) electrons. The van der Waals surface area contributed by atoms with Crippen molar-refractivity contribution >= 4 is 11.3 Å². The van der Waals surface area contributed by atoms with Gasteiger partial charge in [0.15, 0.2) is 0 Å². The normalized spacial score (nSPS) is 9.56. The van der Waals surface area contributed by atoms with Gasteiger partial charge in [-0.2, -0.15) is 0 Å². The highest BCUT2D eigenvalue weighted by atomic mass is 32.1. The van der Waals surface area contributed by atoms with Crippen LogP contribution in [0.2, 0.25) is 0 Å². The summed E-state index contributed by atoms with van der Waals surface area (Å²) in [5.41, 5.74) is 8.04. The fourth-order valence-corrected chi connectivity index (χ4v) is 1.90. The minimum Gasteiger partial charge on any atom is -0.320 e. The van der Waals surface area contributed by atoms with E-state index >= 15 is 0 Å². The van der Waals surface area contributed by atoms with Crippen molar-refractivity contribution in [3.63, 3.8) is 0 Å². The van der Waals surface area contributed by atoms with Crippen LogP contribution in [0.3, 0.4) is 0 Å². The molecule has 0 atom stereocenters. The number of nitrogens with two attached hydrogens (primary N) is 1. The monoisotopic (exact) mass is 230 g/mol. The Bertz CT molecular complexity index is 584. The average molecular weight is 230 g/mol. The maximum atomic E-state index is 11.0. The zero-order chi connectivity index (χ0) is 11.4. The Balaban J connectivity index is 2.29. The molecule has 0 aliphatic carbocycles. The summed E-state index contributed by atoms with van der Waals surface area (Å²) >= 11 is 1.16. The molecule has 0 aliphatic rings. The molecule has 1 heterocycles. The van der Waals surface area contributed by atoms with Crippen molar-refractivity contribution in [2.24, 2.45) is 5.73 Å². The first kappa shape index (κ1) is 10.7. The predicted octanol–water partition coefficient (Wildman–Crippen LogP) is 1.41. The standard InChI is InChI=1S/C12H10N2OS/c13-7-1-2-9-3-5-10(6-4-9)11-8-16-12(15)14-11/h3-6,8H,7,13H2,(H,14,15). The first-order valence-corrected chi connectivity index (χ1v) is 5.65. The highest BCUT2D eigenvalue weighted by Gasteiger charge is 1.99. The van der Waals surface area contributed by atoms with Crippen LogP contribution in [0.1, 0.15) is 5.56 Å². The molecular formula is C12H10N2OS. The average Bonchev–Trinajstić information content (AvgIpc) is 2.74. The van der Waals surface area contributed by atoms with E-state index in [2.05, 4.69) is 16.8 Å². The first-order valence-electron chi connectivity index (χ1n) is 4.77. The summed E-state index contributed by atoms with van der Waals surface area (Å²) in [6.45, 7) is 0.361. The van der Waals surface area contributed by atoms with Gasteiger partial charge in [0.1, 0.15) is 0 Å². The largest absolute Gasteiger partial charge is 0.320 e. The molecule has 2 aromatic rings. The Labute approximate surface area is 96.9 Å². The van der Waals surface area contributed by atoms with Gasteiger partial charge in [-0.1, -0.05) is 35.3 Å². The van der Waals surface area contributed by atoms with Gasteiger partial charge in [-0.3, -0.25) is 4.79 Å². The number of hydrogen-bond donors (Lipinski definition) is 2. The van der Waals surface area contributed by atoms with E-state index in [1.807, 2.05) is 29.6 Å². The molecule has 0 bridgehead atoms. The minimum atomic E-state index is -0.0398. The van der Waals surface area contributed by atoms with Crippen LogP contribution in [0.4, 0.5) is 0 Å². The summed E-state index contributed by atoms with van der Waals surface area (Å²) < 4.78 is 0. The van der Waals surface area contributed by atoms with Crippen LogP contribution in [0.5, 0.6) is 0 Å². The van der Waals surface area contributed by atoms with Crippen molar-refractivity contribution in [3.8, 4) is 23.1 Å². The lowest BCUT2D eigenvalue weighted by Gasteiger charge is -1.96. The fraction of sp³-hybridized carbons (Fsp3) is 0.0833. The molecule has 0 unspecified atom stereocenters. The van der Waals surface area contributed by atoms with Gasteiger partial charge in [-0.25, -0.2) is 0 Å². The molecule has 0 saturated carbocycles. The van der Waals surface area contributed by atoms with Gasteiger partial charge in [-0.15, -0.1) is 0 Å². The van der Waals surface area contributed by atoms with Crippen LogP contribution in [-0.2, 0) is 0 Å². The topological polar surface area (TPSA) is 58.9 Å². The zero-order valence-corrected chi connectivity index (χ0v) is 9.30. The Morgan fingerprint density at radius 3 is 2.62 bits per heavy atom. The maximum absolute atomic E-state index is 11.0. The van der Waals surface area contributed by atoms with Gasteiger partial charge < -0.3 is 10.7 Å². The molecule has 1 aromatic carbocycles. The van der Waals surface area contributed by atoms with Gasteiger partial charge in [0, 0.05) is 10.9 Å². The highest BCUT2D eigenvalue weighted by Crippen LogP contribution is 2.17. The SMILES string of the molecule is NCC#Cc1ccc(-c2csc(=O)[nH]2)cc1. The maximum Gasteiger partial charge on any atom is 0.304 e. The molecule has 0 spiro atoms. The molecule has 0 aliphatic heterocycles. The van der Waals surface area contributed by atoms with Crippen molar-refractivity contribution < 1.29 is 0 Å². The van der Waals surface area contributed by atoms with Crippen molar-refractivity contribution in [2.45, 2.75) is 0 Å². The lowest BCUT2D eigenvalue weighted by molar-refractivity contribution is 1.30. The second kappa shape index (κ2) is 4.79. The Hall–Kier alpha value is -1.83. The molecule has 1 aromatic heterocycles. The number of thiazole rings is 1. The molecule has 3 nitrogen and oxygen atoms in total. The Morgan fingerprint density at radius 2 is 2.06 bits per heavy atom. The molecule has 0 saturated heterocycles. The van der Waals surface area contributed by atoms with Crippen molar-refractivity contribution in [3.05, 3.63) is 44.9 Å². The van der Waals surface area contributed by atoms with E-state index in [4.69, 9.17) is 5.73 Å². The first-order chi connectivity index (χ1) is 7.79. The summed E-state index contributed by atoms with van der Waals surface area (Å²) in [6.07, 6.45) is 0. The lowest BCUT2D eigenvalue weighted by Crippen LogP contribution is -1.93. The number of H-pyrrole nitrogens is 1. The van der Waals surface area contributed by atoms with E-state index in [0.29, 0.717) is 6.54 Å². The van der Waals surface area contributed by atoms with E-state index in [1.165, 1.54) is 0 Å². The van der Waals surface area contributed by atoms with E-state index < -0.39 is 0 Å². The highest BCUT2D eigenvalue weighted by molar-refractivity contribution is 7.07. The second-order valence-electron chi connectivity index (χ2n) is 3.15. The fourth-order valence-electron chi connectivity index (χ4n) is 1.31. The van der Waals surface area contributed by atoms with Crippen LogP contribution in [0.25, 0.3) is 11.3 Å². The number of hydrogen-bond acceptors (Lipinski definition) is 3. The minimum absolute atomic E-state index is 0.0398. The summed E-state index contributed by atoms with van der Waals surface area (Å²) in [6, 6.07) is 7.68. The van der Waals surface area contributed by atoms with E-state index in [1.54, 1.807) is 0 Å². The van der Waals surface area contributed by atoms with Crippen molar-refractivity contribution in [1.82, 2.24) is 4.98 Å². The Kier molecular flexibility index (Phi) is 3.20. The van der Waals surface area contributed by atoms with E-state index in [9.17, 15) is 4.79 Å². The zero-order valence-electron chi connectivity index (χ0n) is 8.49. The predicted molar refractivity (Wildman–Crippen MR) is 66.3 cm³/mol. The van der Waals surface area contributed by atoms with Gasteiger partial charge >= 0.3 is 4.87 Å². The van der Waals surface area contributed by atoms with Crippen molar-refractivity contribution in [1.29, 1.82) is 0 Å². The second-order valence-corrected chi connectivity index (χ2v) is 3.99. The Morgan fingerprint density at radius 1 is 1.31 bits per heavy atom. The molecule has 0 fully saturated rings. The number of rotatable bonds is 1. The number of aromatic nitrogens is 1. The molecule has 0 amide bonds. The molecule has 2 rings (SSSR count). The summed E-state index contributed by atoms with van der Waals surface area (Å²) in [7, 11) is 0. The number of benzene rings is 1. The molecule has 4 heteroatoms. The van der Waals surface area contributed by atoms with E-state index in [-0.39, 0.29) is 4.87 Å². The number of aromatic amines is 1.